The van der Waals surface area contributed by atoms with E-state index in [2.05, 4.69) is 9.71 Å². The lowest BCUT2D eigenvalue weighted by molar-refractivity contribution is 0.601. The van der Waals surface area contributed by atoms with Crippen LogP contribution in [-0.4, -0.2) is 13.4 Å². The van der Waals surface area contributed by atoms with Gasteiger partial charge in [0.2, 0.25) is 5.89 Å². The van der Waals surface area contributed by atoms with Crippen LogP contribution >= 0.6 is 11.6 Å². The van der Waals surface area contributed by atoms with E-state index in [4.69, 9.17) is 16.0 Å². The zero-order chi connectivity index (χ0) is 19.9. The summed E-state index contributed by atoms with van der Waals surface area (Å²) in [5, 5.41) is 0.573. The molecule has 0 aliphatic heterocycles. The normalized spacial score (nSPS) is 11.7. The molecule has 0 saturated carbocycles. The number of fused-ring (bicyclic) bond motifs is 1. The van der Waals surface area contributed by atoms with Gasteiger partial charge in [-0.05, 0) is 61.9 Å². The molecule has 0 saturated heterocycles. The van der Waals surface area contributed by atoms with E-state index in [0.29, 0.717) is 33.3 Å². The van der Waals surface area contributed by atoms with Crippen LogP contribution in [0.2, 0.25) is 5.02 Å². The fraction of sp³-hybridized carbons (Fsp3) is 0.0952. The van der Waals surface area contributed by atoms with Crippen molar-refractivity contribution in [2.75, 3.05) is 4.72 Å². The van der Waals surface area contributed by atoms with Crippen LogP contribution in [0.4, 0.5) is 5.69 Å². The number of hydrogen-bond donors (Lipinski definition) is 1. The van der Waals surface area contributed by atoms with Crippen molar-refractivity contribution in [3.05, 3.63) is 76.8 Å². The van der Waals surface area contributed by atoms with Gasteiger partial charge in [0.15, 0.2) is 5.58 Å². The summed E-state index contributed by atoms with van der Waals surface area (Å²) in [6, 6.07) is 17.2. The lowest BCUT2D eigenvalue weighted by Crippen LogP contribution is -2.14. The number of anilines is 1. The lowest BCUT2D eigenvalue weighted by atomic mass is 10.1. The fourth-order valence-electron chi connectivity index (χ4n) is 2.91. The third kappa shape index (κ3) is 3.48. The number of hydrogen-bond acceptors (Lipinski definition) is 4. The second-order valence-electron chi connectivity index (χ2n) is 6.53. The molecule has 0 aliphatic rings. The van der Waals surface area contributed by atoms with Crippen molar-refractivity contribution in [1.82, 2.24) is 4.98 Å². The molecule has 0 unspecified atom stereocenters. The van der Waals surface area contributed by atoms with Crippen LogP contribution < -0.4 is 4.72 Å². The summed E-state index contributed by atoms with van der Waals surface area (Å²) < 4.78 is 33.9. The number of halogens is 1. The zero-order valence-electron chi connectivity index (χ0n) is 15.2. The Kier molecular flexibility index (Phi) is 4.61. The van der Waals surface area contributed by atoms with Crippen molar-refractivity contribution < 1.29 is 12.8 Å². The maximum Gasteiger partial charge on any atom is 0.261 e. The molecule has 5 nitrogen and oxygen atoms in total. The Labute approximate surface area is 168 Å². The monoisotopic (exact) mass is 412 g/mol. The quantitative estimate of drug-likeness (QED) is 0.475. The van der Waals surface area contributed by atoms with Gasteiger partial charge in [-0.3, -0.25) is 4.72 Å². The first-order chi connectivity index (χ1) is 13.3. The smallest absolute Gasteiger partial charge is 0.261 e. The Balaban J connectivity index is 1.73. The Bertz CT molecular complexity index is 1280. The average Bonchev–Trinajstić information content (AvgIpc) is 3.06. The summed E-state index contributed by atoms with van der Waals surface area (Å²) >= 11 is 6.01. The van der Waals surface area contributed by atoms with Crippen molar-refractivity contribution in [3.8, 4) is 11.5 Å². The Morgan fingerprint density at radius 2 is 1.75 bits per heavy atom. The number of nitrogens with zero attached hydrogens (tertiary/aromatic N) is 1. The number of aryl methyl sites for hydroxylation is 1. The number of nitrogens with one attached hydrogen (secondary N) is 1. The van der Waals surface area contributed by atoms with Crippen molar-refractivity contribution >= 4 is 38.4 Å². The van der Waals surface area contributed by atoms with Gasteiger partial charge in [0, 0.05) is 10.6 Å². The van der Waals surface area contributed by atoms with Gasteiger partial charge < -0.3 is 4.42 Å². The summed E-state index contributed by atoms with van der Waals surface area (Å²) in [4.78, 5) is 4.69. The summed E-state index contributed by atoms with van der Waals surface area (Å²) in [5.41, 5.74) is 4.15. The van der Waals surface area contributed by atoms with Crippen molar-refractivity contribution in [2.45, 2.75) is 18.7 Å². The molecule has 0 bridgehead atoms. The zero-order valence-corrected chi connectivity index (χ0v) is 16.8. The predicted molar refractivity (Wildman–Crippen MR) is 111 cm³/mol. The Hall–Kier alpha value is -2.83. The largest absolute Gasteiger partial charge is 0.436 e. The topological polar surface area (TPSA) is 72.2 Å². The molecule has 4 rings (SSSR count). The highest BCUT2D eigenvalue weighted by atomic mass is 35.5. The van der Waals surface area contributed by atoms with Gasteiger partial charge in [-0.15, -0.1) is 0 Å². The fourth-order valence-corrected chi connectivity index (χ4v) is 4.20. The highest BCUT2D eigenvalue weighted by molar-refractivity contribution is 7.92. The molecule has 1 heterocycles. The van der Waals surface area contributed by atoms with E-state index < -0.39 is 10.0 Å². The average molecular weight is 413 g/mol. The summed E-state index contributed by atoms with van der Waals surface area (Å²) in [5.74, 6) is 0.408. The van der Waals surface area contributed by atoms with Crippen molar-refractivity contribution in [3.63, 3.8) is 0 Å². The number of oxazole rings is 1. The van der Waals surface area contributed by atoms with Gasteiger partial charge in [-0.25, -0.2) is 13.4 Å². The SMILES string of the molecule is Cc1ccc(S(=O)(=O)Nc2cccc(-c3nc4cc(Cl)ccc4o3)c2C)cc1. The molecule has 0 spiro atoms. The van der Waals surface area contributed by atoms with E-state index in [-0.39, 0.29) is 4.90 Å². The first-order valence-corrected chi connectivity index (χ1v) is 10.5. The summed E-state index contributed by atoms with van der Waals surface area (Å²) in [7, 11) is -3.70. The van der Waals surface area contributed by atoms with E-state index in [1.807, 2.05) is 19.9 Å². The summed E-state index contributed by atoms with van der Waals surface area (Å²) in [6.45, 7) is 3.73. The van der Waals surface area contributed by atoms with Gasteiger partial charge in [0.05, 0.1) is 10.6 Å². The van der Waals surface area contributed by atoms with E-state index in [0.717, 1.165) is 11.1 Å². The molecule has 1 N–H and O–H groups in total. The minimum absolute atomic E-state index is 0.208. The van der Waals surface area contributed by atoms with Crippen LogP contribution in [0.3, 0.4) is 0 Å². The molecule has 0 amide bonds. The number of rotatable bonds is 4. The molecule has 28 heavy (non-hydrogen) atoms. The maximum atomic E-state index is 12.7. The Morgan fingerprint density at radius 1 is 1.00 bits per heavy atom. The molecule has 3 aromatic carbocycles. The van der Waals surface area contributed by atoms with Crippen molar-refractivity contribution in [1.29, 1.82) is 0 Å². The van der Waals surface area contributed by atoms with Gasteiger partial charge in [0.25, 0.3) is 10.0 Å². The predicted octanol–water partition coefficient (Wildman–Crippen LogP) is 5.57. The van der Waals surface area contributed by atoms with E-state index in [1.54, 1.807) is 54.6 Å². The second-order valence-corrected chi connectivity index (χ2v) is 8.65. The van der Waals surface area contributed by atoms with Crippen LogP contribution in [0.15, 0.2) is 70.0 Å². The number of aromatic nitrogens is 1. The van der Waals surface area contributed by atoms with Gasteiger partial charge >= 0.3 is 0 Å². The highest BCUT2D eigenvalue weighted by Gasteiger charge is 2.18. The van der Waals surface area contributed by atoms with Crippen LogP contribution in [0, 0.1) is 13.8 Å². The molecule has 0 atom stereocenters. The second kappa shape index (κ2) is 6.96. The first kappa shape index (κ1) is 18.5. The third-order valence-corrected chi connectivity index (χ3v) is 6.11. The van der Waals surface area contributed by atoms with E-state index >= 15 is 0 Å². The van der Waals surface area contributed by atoms with Crippen molar-refractivity contribution in [2.24, 2.45) is 0 Å². The number of benzene rings is 3. The minimum Gasteiger partial charge on any atom is -0.436 e. The number of sulfonamides is 1. The van der Waals surface area contributed by atoms with E-state index in [1.165, 1.54) is 0 Å². The van der Waals surface area contributed by atoms with Gasteiger partial charge in [0.1, 0.15) is 5.52 Å². The molecule has 4 aromatic rings. The van der Waals surface area contributed by atoms with Crippen LogP contribution in [0.5, 0.6) is 0 Å². The van der Waals surface area contributed by atoms with Crippen LogP contribution in [0.1, 0.15) is 11.1 Å². The van der Waals surface area contributed by atoms with E-state index in [9.17, 15) is 8.42 Å². The molecule has 0 fully saturated rings. The molecule has 1 aromatic heterocycles. The Morgan fingerprint density at radius 3 is 2.50 bits per heavy atom. The molecular weight excluding hydrogens is 396 g/mol. The van der Waals surface area contributed by atoms with Crippen LogP contribution in [-0.2, 0) is 10.0 Å². The maximum absolute atomic E-state index is 12.7. The van der Waals surface area contributed by atoms with Gasteiger partial charge in [-0.2, -0.15) is 0 Å². The molecule has 142 valence electrons. The lowest BCUT2D eigenvalue weighted by Gasteiger charge is -2.12. The molecule has 0 aliphatic carbocycles. The highest BCUT2D eigenvalue weighted by Crippen LogP contribution is 2.32. The first-order valence-electron chi connectivity index (χ1n) is 8.59. The summed E-state index contributed by atoms with van der Waals surface area (Å²) in [6.07, 6.45) is 0. The molecule has 0 radical (unpaired) electrons. The van der Waals surface area contributed by atoms with Crippen LogP contribution in [0.25, 0.3) is 22.6 Å². The minimum atomic E-state index is -3.70. The molecule has 7 heteroatoms. The standard InChI is InChI=1S/C21H17ClN2O3S/c1-13-6-9-16(10-7-13)28(25,26)24-18-5-3-4-17(14(18)2)21-23-19-12-15(22)8-11-20(19)27-21/h3-12,24H,1-2H3. The molecular formula is C21H17ClN2O3S. The van der Waals surface area contributed by atoms with Gasteiger partial charge in [-0.1, -0.05) is 35.4 Å². The third-order valence-electron chi connectivity index (χ3n) is 4.49.